The fourth-order valence-corrected chi connectivity index (χ4v) is 4.57. The van der Waals surface area contributed by atoms with Crippen molar-refractivity contribution in [3.63, 3.8) is 0 Å². The molecule has 5 heteroatoms. The molecule has 0 aliphatic heterocycles. The Morgan fingerprint density at radius 1 is 1.21 bits per heavy atom. The molecule has 2 aliphatic rings. The van der Waals surface area contributed by atoms with Gasteiger partial charge in [-0.2, -0.15) is 5.10 Å². The molecule has 0 fully saturated rings. The van der Waals surface area contributed by atoms with Crippen LogP contribution in [0.15, 0.2) is 35.5 Å². The van der Waals surface area contributed by atoms with Crippen LogP contribution in [0.1, 0.15) is 67.5 Å². The first-order chi connectivity index (χ1) is 13.6. The lowest BCUT2D eigenvalue weighted by Crippen LogP contribution is -2.46. The molecule has 1 heterocycles. The van der Waals surface area contributed by atoms with Gasteiger partial charge >= 0.3 is 0 Å². The van der Waals surface area contributed by atoms with Gasteiger partial charge in [0.1, 0.15) is 0 Å². The van der Waals surface area contributed by atoms with E-state index in [1.54, 1.807) is 0 Å². The number of aliphatic imine (C=N–C) groups is 1. The Bertz CT molecular complexity index is 835. The monoisotopic (exact) mass is 379 g/mol. The van der Waals surface area contributed by atoms with Gasteiger partial charge in [0, 0.05) is 44.2 Å². The van der Waals surface area contributed by atoms with Crippen molar-refractivity contribution in [2.75, 3.05) is 13.6 Å². The molecule has 0 saturated heterocycles. The first-order valence-electron chi connectivity index (χ1n) is 10.8. The summed E-state index contributed by atoms with van der Waals surface area (Å²) in [5.41, 5.74) is 5.69. The summed E-state index contributed by atoms with van der Waals surface area (Å²) in [4.78, 5) is 4.48. The van der Waals surface area contributed by atoms with Gasteiger partial charge < -0.3 is 10.6 Å². The predicted octanol–water partition coefficient (Wildman–Crippen LogP) is 3.61. The van der Waals surface area contributed by atoms with E-state index in [1.807, 2.05) is 7.05 Å². The van der Waals surface area contributed by atoms with Gasteiger partial charge in [-0.25, -0.2) is 0 Å². The second-order valence-electron chi connectivity index (χ2n) is 8.50. The van der Waals surface area contributed by atoms with Crippen LogP contribution in [0.4, 0.5) is 0 Å². The van der Waals surface area contributed by atoms with E-state index in [0.29, 0.717) is 18.0 Å². The molecule has 4 rings (SSSR count). The van der Waals surface area contributed by atoms with E-state index in [1.165, 1.54) is 41.6 Å². The second-order valence-corrected chi connectivity index (χ2v) is 8.50. The molecule has 0 saturated carbocycles. The van der Waals surface area contributed by atoms with Crippen LogP contribution < -0.4 is 10.6 Å². The highest BCUT2D eigenvalue weighted by molar-refractivity contribution is 5.80. The lowest BCUT2D eigenvalue weighted by Gasteiger charge is -2.28. The van der Waals surface area contributed by atoms with Crippen LogP contribution in [0, 0.1) is 0 Å². The Hall–Kier alpha value is -2.30. The number of guanidine groups is 1. The minimum atomic E-state index is 0.396. The molecule has 0 spiro atoms. The van der Waals surface area contributed by atoms with Gasteiger partial charge in [-0.3, -0.25) is 9.67 Å². The average Bonchev–Trinajstić information content (AvgIpc) is 3.15. The number of aryl methyl sites for hydroxylation is 2. The first kappa shape index (κ1) is 19.0. The number of hydrogen-bond acceptors (Lipinski definition) is 2. The van der Waals surface area contributed by atoms with Crippen LogP contribution in [-0.4, -0.2) is 35.4 Å². The molecular formula is C23H33N5. The number of aromatic nitrogens is 2. The second kappa shape index (κ2) is 8.38. The Morgan fingerprint density at radius 3 is 2.89 bits per heavy atom. The van der Waals surface area contributed by atoms with Crippen molar-refractivity contribution in [1.82, 2.24) is 20.4 Å². The molecule has 150 valence electrons. The molecule has 2 unspecified atom stereocenters. The highest BCUT2D eigenvalue weighted by Crippen LogP contribution is 2.30. The Balaban J connectivity index is 1.34. The molecule has 0 radical (unpaired) electrons. The molecule has 1 aromatic carbocycles. The third-order valence-electron chi connectivity index (χ3n) is 6.20. The highest BCUT2D eigenvalue weighted by Gasteiger charge is 2.24. The maximum absolute atomic E-state index is 4.79. The summed E-state index contributed by atoms with van der Waals surface area (Å²) in [7, 11) is 1.87. The number of nitrogens with zero attached hydrogens (tertiary/aromatic N) is 3. The SMILES string of the molecule is CN=C(NCC1CCCc2ccccc21)NC1CCc2cn(C(C)C)nc2C1. The van der Waals surface area contributed by atoms with Crippen molar-refractivity contribution < 1.29 is 0 Å². The van der Waals surface area contributed by atoms with Gasteiger partial charge in [0.25, 0.3) is 0 Å². The van der Waals surface area contributed by atoms with E-state index in [9.17, 15) is 0 Å². The number of rotatable bonds is 4. The van der Waals surface area contributed by atoms with Gasteiger partial charge in [0.15, 0.2) is 5.96 Å². The molecule has 2 aromatic rings. The third kappa shape index (κ3) is 4.08. The third-order valence-corrected chi connectivity index (χ3v) is 6.20. The maximum Gasteiger partial charge on any atom is 0.191 e. The van der Waals surface area contributed by atoms with Crippen molar-refractivity contribution in [2.24, 2.45) is 4.99 Å². The topological polar surface area (TPSA) is 54.2 Å². The van der Waals surface area contributed by atoms with E-state index in [2.05, 4.69) is 64.6 Å². The number of hydrogen-bond donors (Lipinski definition) is 2. The fraction of sp³-hybridized carbons (Fsp3) is 0.565. The maximum atomic E-state index is 4.79. The van der Waals surface area contributed by atoms with Gasteiger partial charge in [0.05, 0.1) is 5.69 Å². The zero-order chi connectivity index (χ0) is 19.5. The van der Waals surface area contributed by atoms with E-state index >= 15 is 0 Å². The molecule has 2 N–H and O–H groups in total. The summed E-state index contributed by atoms with van der Waals surface area (Å²) >= 11 is 0. The molecule has 0 bridgehead atoms. The van der Waals surface area contributed by atoms with Crippen LogP contribution in [0.2, 0.25) is 0 Å². The smallest absolute Gasteiger partial charge is 0.191 e. The summed E-state index contributed by atoms with van der Waals surface area (Å²) in [6.45, 7) is 5.31. The zero-order valence-electron chi connectivity index (χ0n) is 17.4. The Labute approximate surface area is 168 Å². The standard InChI is InChI=1S/C23H33N5/c1-16(2)28-15-19-11-12-20(13-22(19)27-28)26-23(24-3)25-14-18-9-6-8-17-7-4-5-10-21(17)18/h4-5,7,10,15-16,18,20H,6,8-9,11-14H2,1-3H3,(H2,24,25,26). The Kier molecular flexibility index (Phi) is 5.69. The summed E-state index contributed by atoms with van der Waals surface area (Å²) in [5, 5.41) is 12.0. The lowest BCUT2D eigenvalue weighted by atomic mass is 9.83. The quantitative estimate of drug-likeness (QED) is 0.630. The summed E-state index contributed by atoms with van der Waals surface area (Å²) < 4.78 is 2.10. The highest BCUT2D eigenvalue weighted by atomic mass is 15.3. The van der Waals surface area contributed by atoms with E-state index in [4.69, 9.17) is 5.10 Å². The molecule has 1 aromatic heterocycles. The van der Waals surface area contributed by atoms with Crippen molar-refractivity contribution in [1.29, 1.82) is 0 Å². The summed E-state index contributed by atoms with van der Waals surface area (Å²) in [6, 6.07) is 9.72. The molecule has 0 amide bonds. The van der Waals surface area contributed by atoms with Crippen LogP contribution in [0.5, 0.6) is 0 Å². The normalized spacial score (nSPS) is 21.9. The molecule has 2 atom stereocenters. The largest absolute Gasteiger partial charge is 0.356 e. The number of benzene rings is 1. The molecular weight excluding hydrogens is 346 g/mol. The molecule has 2 aliphatic carbocycles. The van der Waals surface area contributed by atoms with E-state index < -0.39 is 0 Å². The number of nitrogens with one attached hydrogen (secondary N) is 2. The number of fused-ring (bicyclic) bond motifs is 2. The lowest BCUT2D eigenvalue weighted by molar-refractivity contribution is 0.494. The van der Waals surface area contributed by atoms with E-state index in [0.717, 1.165) is 31.8 Å². The van der Waals surface area contributed by atoms with E-state index in [-0.39, 0.29) is 0 Å². The average molecular weight is 380 g/mol. The first-order valence-corrected chi connectivity index (χ1v) is 10.8. The summed E-state index contributed by atoms with van der Waals surface area (Å²) in [6.07, 6.45) is 9.16. The summed E-state index contributed by atoms with van der Waals surface area (Å²) in [5.74, 6) is 1.49. The fourth-order valence-electron chi connectivity index (χ4n) is 4.57. The minimum absolute atomic E-state index is 0.396. The van der Waals surface area contributed by atoms with Crippen LogP contribution >= 0.6 is 0 Å². The van der Waals surface area contributed by atoms with Gasteiger partial charge in [0.2, 0.25) is 0 Å². The van der Waals surface area contributed by atoms with Gasteiger partial charge in [-0.1, -0.05) is 24.3 Å². The van der Waals surface area contributed by atoms with Crippen molar-refractivity contribution in [3.8, 4) is 0 Å². The predicted molar refractivity (Wildman–Crippen MR) is 115 cm³/mol. The van der Waals surface area contributed by atoms with Crippen LogP contribution in [-0.2, 0) is 19.3 Å². The Morgan fingerprint density at radius 2 is 2.07 bits per heavy atom. The molecule has 28 heavy (non-hydrogen) atoms. The van der Waals surface area contributed by atoms with Crippen molar-refractivity contribution >= 4 is 5.96 Å². The van der Waals surface area contributed by atoms with Crippen molar-refractivity contribution in [2.45, 2.75) is 70.4 Å². The molecule has 5 nitrogen and oxygen atoms in total. The van der Waals surface area contributed by atoms with Crippen molar-refractivity contribution in [3.05, 3.63) is 52.8 Å². The zero-order valence-corrected chi connectivity index (χ0v) is 17.4. The van der Waals surface area contributed by atoms with Gasteiger partial charge in [-0.05, 0) is 62.6 Å². The van der Waals surface area contributed by atoms with Crippen LogP contribution in [0.25, 0.3) is 0 Å². The van der Waals surface area contributed by atoms with Gasteiger partial charge in [-0.15, -0.1) is 0 Å². The van der Waals surface area contributed by atoms with Crippen LogP contribution in [0.3, 0.4) is 0 Å². The minimum Gasteiger partial charge on any atom is -0.356 e.